The Morgan fingerprint density at radius 3 is 2.57 bits per heavy atom. The topological polar surface area (TPSA) is 104 Å². The minimum Gasteiger partial charge on any atom is -0.493 e. The number of aromatic nitrogens is 3. The van der Waals surface area contributed by atoms with Gasteiger partial charge in [-0.05, 0) is 37.1 Å². The number of carbonyl (C=O) groups excluding carboxylic acids is 1. The summed E-state index contributed by atoms with van der Waals surface area (Å²) in [6, 6.07) is 11.2. The number of rotatable bonds is 6. The highest BCUT2D eigenvalue weighted by Gasteiger charge is 2.19. The molecule has 28 heavy (non-hydrogen) atoms. The van der Waals surface area contributed by atoms with Gasteiger partial charge in [0.1, 0.15) is 0 Å². The van der Waals surface area contributed by atoms with Gasteiger partial charge in [0.25, 0.3) is 5.91 Å². The van der Waals surface area contributed by atoms with Crippen LogP contribution in [0.15, 0.2) is 36.4 Å². The second kappa shape index (κ2) is 7.99. The van der Waals surface area contributed by atoms with Crippen molar-refractivity contribution in [1.29, 1.82) is 0 Å². The van der Waals surface area contributed by atoms with E-state index in [4.69, 9.17) is 15.2 Å². The summed E-state index contributed by atoms with van der Waals surface area (Å²) in [6.45, 7) is 4.48. The van der Waals surface area contributed by atoms with Crippen LogP contribution in [0.3, 0.4) is 0 Å². The average molecular weight is 381 g/mol. The van der Waals surface area contributed by atoms with Crippen LogP contribution in [0.5, 0.6) is 11.5 Å². The van der Waals surface area contributed by atoms with E-state index in [1.807, 2.05) is 26.0 Å². The first-order valence-electron chi connectivity index (χ1n) is 8.71. The van der Waals surface area contributed by atoms with Gasteiger partial charge in [-0.1, -0.05) is 29.0 Å². The maximum absolute atomic E-state index is 12.6. The van der Waals surface area contributed by atoms with Gasteiger partial charge in [0.05, 0.1) is 20.8 Å². The van der Waals surface area contributed by atoms with Crippen LogP contribution in [0.4, 0.5) is 11.5 Å². The molecule has 1 amide bonds. The lowest BCUT2D eigenvalue weighted by Gasteiger charge is -2.10. The van der Waals surface area contributed by atoms with Crippen molar-refractivity contribution >= 4 is 17.4 Å². The van der Waals surface area contributed by atoms with E-state index in [0.717, 1.165) is 16.7 Å². The quantitative estimate of drug-likeness (QED) is 0.680. The maximum Gasteiger partial charge on any atom is 0.280 e. The second-order valence-corrected chi connectivity index (χ2v) is 6.43. The lowest BCUT2D eigenvalue weighted by atomic mass is 10.1. The average Bonchev–Trinajstić information content (AvgIpc) is 3.05. The fraction of sp³-hybridized carbons (Fsp3) is 0.250. The number of ether oxygens (including phenoxy) is 2. The normalized spacial score (nSPS) is 10.6. The third-order valence-electron chi connectivity index (χ3n) is 4.45. The molecule has 8 nitrogen and oxygen atoms in total. The highest BCUT2D eigenvalue weighted by atomic mass is 16.5. The van der Waals surface area contributed by atoms with E-state index in [9.17, 15) is 4.79 Å². The van der Waals surface area contributed by atoms with Crippen LogP contribution in [-0.2, 0) is 6.54 Å². The molecule has 8 heteroatoms. The summed E-state index contributed by atoms with van der Waals surface area (Å²) < 4.78 is 12.0. The van der Waals surface area contributed by atoms with Crippen molar-refractivity contribution in [2.24, 2.45) is 0 Å². The highest BCUT2D eigenvalue weighted by Crippen LogP contribution is 2.30. The van der Waals surface area contributed by atoms with Crippen LogP contribution in [0.1, 0.15) is 27.2 Å². The van der Waals surface area contributed by atoms with Crippen molar-refractivity contribution in [3.8, 4) is 11.5 Å². The number of nitrogens with two attached hydrogens (primary N) is 1. The van der Waals surface area contributed by atoms with Crippen molar-refractivity contribution in [3.63, 3.8) is 0 Å². The molecule has 1 heterocycles. The molecule has 0 atom stereocenters. The molecule has 2 aromatic carbocycles. The molecule has 0 aliphatic rings. The number of hydrogen-bond acceptors (Lipinski definition) is 6. The van der Waals surface area contributed by atoms with Gasteiger partial charge >= 0.3 is 0 Å². The van der Waals surface area contributed by atoms with Crippen LogP contribution < -0.4 is 20.5 Å². The molecule has 1 aromatic heterocycles. The second-order valence-electron chi connectivity index (χ2n) is 6.43. The van der Waals surface area contributed by atoms with E-state index >= 15 is 0 Å². The fourth-order valence-corrected chi connectivity index (χ4v) is 2.84. The molecule has 0 spiro atoms. The molecule has 0 bridgehead atoms. The van der Waals surface area contributed by atoms with Crippen molar-refractivity contribution in [3.05, 3.63) is 58.8 Å². The Balaban J connectivity index is 1.79. The summed E-state index contributed by atoms with van der Waals surface area (Å²) in [4.78, 5) is 12.6. The molecule has 0 radical (unpaired) electrons. The molecule has 3 rings (SSSR count). The van der Waals surface area contributed by atoms with Crippen molar-refractivity contribution < 1.29 is 14.3 Å². The van der Waals surface area contributed by atoms with Crippen molar-refractivity contribution in [2.45, 2.75) is 20.4 Å². The number of aryl methyl sites for hydroxylation is 2. The molecule has 3 aromatic rings. The Hall–Kier alpha value is -3.55. The Kier molecular flexibility index (Phi) is 5.49. The number of amides is 1. The molecule has 0 aliphatic heterocycles. The summed E-state index contributed by atoms with van der Waals surface area (Å²) in [5, 5.41) is 10.8. The molecule has 0 fully saturated rings. The van der Waals surface area contributed by atoms with Gasteiger partial charge in [-0.25, -0.2) is 4.68 Å². The highest BCUT2D eigenvalue weighted by molar-refractivity contribution is 6.05. The first-order chi connectivity index (χ1) is 13.4. The van der Waals surface area contributed by atoms with E-state index in [0.29, 0.717) is 23.7 Å². The van der Waals surface area contributed by atoms with Crippen LogP contribution >= 0.6 is 0 Å². The van der Waals surface area contributed by atoms with Crippen molar-refractivity contribution in [2.75, 3.05) is 25.3 Å². The number of benzene rings is 2. The van der Waals surface area contributed by atoms with Gasteiger partial charge < -0.3 is 20.5 Å². The molecule has 0 unspecified atom stereocenters. The molecule has 146 valence electrons. The minimum absolute atomic E-state index is 0.0695. The summed E-state index contributed by atoms with van der Waals surface area (Å²) in [6.07, 6.45) is 0. The van der Waals surface area contributed by atoms with E-state index < -0.39 is 5.91 Å². The van der Waals surface area contributed by atoms with Gasteiger partial charge in [0.2, 0.25) is 0 Å². The number of nitrogen functional groups attached to an aromatic ring is 1. The van der Waals surface area contributed by atoms with Gasteiger partial charge in [0, 0.05) is 11.8 Å². The molecule has 0 saturated heterocycles. The number of hydrogen-bond donors (Lipinski definition) is 2. The summed E-state index contributed by atoms with van der Waals surface area (Å²) in [5.41, 5.74) is 10.1. The molecule has 0 aliphatic carbocycles. The minimum atomic E-state index is -0.447. The van der Waals surface area contributed by atoms with E-state index in [2.05, 4.69) is 21.7 Å². The van der Waals surface area contributed by atoms with Gasteiger partial charge in [0.15, 0.2) is 23.0 Å². The van der Waals surface area contributed by atoms with Gasteiger partial charge in [-0.2, -0.15) is 0 Å². The van der Waals surface area contributed by atoms with E-state index in [-0.39, 0.29) is 11.5 Å². The standard InChI is InChI=1S/C20H23N5O3/c1-12-5-6-13(2)14(9-12)11-25-19(21)18(23-24-25)20(26)22-15-7-8-16(27-3)17(10-15)28-4/h5-10H,11,21H2,1-4H3,(H,22,26). The predicted molar refractivity (Wildman–Crippen MR) is 107 cm³/mol. The van der Waals surface area contributed by atoms with Gasteiger partial charge in [-0.15, -0.1) is 5.10 Å². The monoisotopic (exact) mass is 381 g/mol. The van der Waals surface area contributed by atoms with E-state index in [1.54, 1.807) is 25.3 Å². The zero-order chi connectivity index (χ0) is 20.3. The number of carbonyl (C=O) groups is 1. The van der Waals surface area contributed by atoms with Crippen LogP contribution in [0.25, 0.3) is 0 Å². The summed E-state index contributed by atoms with van der Waals surface area (Å²) >= 11 is 0. The maximum atomic E-state index is 12.6. The predicted octanol–water partition coefficient (Wildman–Crippen LogP) is 2.79. The molecule has 3 N–H and O–H groups in total. The first kappa shape index (κ1) is 19.2. The zero-order valence-electron chi connectivity index (χ0n) is 16.3. The van der Waals surface area contributed by atoms with Crippen LogP contribution in [0, 0.1) is 13.8 Å². The number of nitrogens with one attached hydrogen (secondary N) is 1. The van der Waals surface area contributed by atoms with Gasteiger partial charge in [-0.3, -0.25) is 4.79 Å². The molecular weight excluding hydrogens is 358 g/mol. The Labute approximate surface area is 163 Å². The molecule has 0 saturated carbocycles. The van der Waals surface area contributed by atoms with E-state index in [1.165, 1.54) is 11.8 Å². The lowest BCUT2D eigenvalue weighted by molar-refractivity contribution is 0.102. The third-order valence-corrected chi connectivity index (χ3v) is 4.45. The summed E-state index contributed by atoms with van der Waals surface area (Å²) in [7, 11) is 3.07. The van der Waals surface area contributed by atoms with Crippen LogP contribution in [0.2, 0.25) is 0 Å². The zero-order valence-corrected chi connectivity index (χ0v) is 16.3. The third kappa shape index (κ3) is 3.90. The Morgan fingerprint density at radius 2 is 1.86 bits per heavy atom. The first-order valence-corrected chi connectivity index (χ1v) is 8.71. The number of methoxy groups -OCH3 is 2. The molecular formula is C20H23N5O3. The number of anilines is 2. The SMILES string of the molecule is COc1ccc(NC(=O)c2nnn(Cc3cc(C)ccc3C)c2N)cc1OC. The summed E-state index contributed by atoms with van der Waals surface area (Å²) in [5.74, 6) is 0.835. The fourth-order valence-electron chi connectivity index (χ4n) is 2.84. The lowest BCUT2D eigenvalue weighted by Crippen LogP contribution is -2.15. The van der Waals surface area contributed by atoms with Crippen LogP contribution in [-0.4, -0.2) is 35.1 Å². The smallest absolute Gasteiger partial charge is 0.280 e. The van der Waals surface area contributed by atoms with Crippen molar-refractivity contribution in [1.82, 2.24) is 15.0 Å². The largest absolute Gasteiger partial charge is 0.493 e. The Bertz CT molecular complexity index is 1010. The Morgan fingerprint density at radius 1 is 1.11 bits per heavy atom. The number of nitrogens with zero attached hydrogens (tertiary/aromatic N) is 3.